The van der Waals surface area contributed by atoms with Crippen LogP contribution >= 0.6 is 23.2 Å². The summed E-state index contributed by atoms with van der Waals surface area (Å²) >= 11 is 12.5. The molecule has 270 valence electrons. The first-order chi connectivity index (χ1) is 25.9. The van der Waals surface area contributed by atoms with Crippen LogP contribution in [0.3, 0.4) is 0 Å². The molecular formula is C41H38Cl2N6O4. The van der Waals surface area contributed by atoms with Crippen LogP contribution in [0.15, 0.2) is 131 Å². The summed E-state index contributed by atoms with van der Waals surface area (Å²) in [4.78, 5) is 22.8. The molecule has 0 bridgehead atoms. The monoisotopic (exact) mass is 748 g/mol. The number of benzene rings is 5. The number of carbonyl (C=O) groups excluding carboxylic acids is 1. The van der Waals surface area contributed by atoms with Gasteiger partial charge in [-0.15, -0.1) is 0 Å². The summed E-state index contributed by atoms with van der Waals surface area (Å²) in [7, 11) is 0. The summed E-state index contributed by atoms with van der Waals surface area (Å²) in [6.07, 6.45) is 0.336. The molecule has 1 aliphatic rings. The Bertz CT molecular complexity index is 2090. The molecule has 0 unspecified atom stereocenters. The fraction of sp³-hybridized carbons (Fsp3) is 0.220. The maximum Gasteiger partial charge on any atom is 0.266 e. The van der Waals surface area contributed by atoms with Crippen molar-refractivity contribution in [2.75, 3.05) is 19.8 Å². The summed E-state index contributed by atoms with van der Waals surface area (Å²) in [5.74, 6) is 0.517. The first-order valence-corrected chi connectivity index (χ1v) is 18.0. The molecular weight excluding hydrogens is 711 g/mol. The lowest BCUT2D eigenvalue weighted by atomic mass is 9.80. The van der Waals surface area contributed by atoms with E-state index in [2.05, 4.69) is 20.9 Å². The van der Waals surface area contributed by atoms with E-state index in [0.29, 0.717) is 53.2 Å². The lowest BCUT2D eigenvalue weighted by Gasteiger charge is -2.31. The molecule has 0 spiro atoms. The highest BCUT2D eigenvalue weighted by Gasteiger charge is 2.53. The van der Waals surface area contributed by atoms with Crippen molar-refractivity contribution in [2.45, 2.75) is 37.5 Å². The number of aliphatic imine (C=N–C) groups is 1. The Morgan fingerprint density at radius 1 is 0.887 bits per heavy atom. The molecule has 12 heteroatoms. The van der Waals surface area contributed by atoms with Crippen LogP contribution in [0.1, 0.15) is 40.3 Å². The van der Waals surface area contributed by atoms with Crippen LogP contribution < -0.4 is 15.6 Å². The van der Waals surface area contributed by atoms with Gasteiger partial charge in [0.05, 0.1) is 13.2 Å². The van der Waals surface area contributed by atoms with E-state index in [1.54, 1.807) is 24.3 Å². The number of nitrogens with one attached hydrogen (secondary N) is 2. The Hall–Kier alpha value is -5.35. The fourth-order valence-corrected chi connectivity index (χ4v) is 6.72. The summed E-state index contributed by atoms with van der Waals surface area (Å²) in [5.41, 5.74) is 19.6. The number of hydrogen-bond donors (Lipinski definition) is 3. The minimum Gasteiger partial charge on any atom is -0.494 e. The minimum absolute atomic E-state index is 0.0380. The van der Waals surface area contributed by atoms with E-state index in [1.165, 1.54) is 0 Å². The van der Waals surface area contributed by atoms with Crippen molar-refractivity contribution in [3.05, 3.63) is 170 Å². The molecule has 2 atom stereocenters. The Labute approximate surface area is 318 Å². The van der Waals surface area contributed by atoms with Gasteiger partial charge in [-0.1, -0.05) is 113 Å². The average molecular weight is 750 g/mol. The maximum absolute atomic E-state index is 14.7. The molecule has 0 saturated heterocycles. The number of halogens is 2. The van der Waals surface area contributed by atoms with Gasteiger partial charge in [-0.3, -0.25) is 10.2 Å². The average Bonchev–Trinajstić information content (AvgIpc) is 3.58. The highest BCUT2D eigenvalue weighted by Crippen LogP contribution is 2.43. The van der Waals surface area contributed by atoms with Gasteiger partial charge in [0, 0.05) is 46.5 Å². The topological polar surface area (TPSA) is 141 Å². The Kier molecular flexibility index (Phi) is 12.6. The molecule has 1 amide bonds. The van der Waals surface area contributed by atoms with E-state index in [0.717, 1.165) is 33.4 Å². The van der Waals surface area contributed by atoms with Crippen molar-refractivity contribution in [3.8, 4) is 16.9 Å². The van der Waals surface area contributed by atoms with Crippen LogP contribution in [-0.4, -0.2) is 42.2 Å². The predicted molar refractivity (Wildman–Crippen MR) is 208 cm³/mol. The van der Waals surface area contributed by atoms with Gasteiger partial charge in [0.1, 0.15) is 5.75 Å². The number of nitrogens with zero attached hydrogens (tertiary/aromatic N) is 4. The zero-order chi connectivity index (χ0) is 37.0. The van der Waals surface area contributed by atoms with Gasteiger partial charge < -0.3 is 14.6 Å². The molecule has 10 nitrogen and oxygen atoms in total. The molecule has 0 fully saturated rings. The third kappa shape index (κ3) is 9.18. The summed E-state index contributed by atoms with van der Waals surface area (Å²) < 4.78 is 12.5. The van der Waals surface area contributed by atoms with Crippen molar-refractivity contribution in [1.29, 1.82) is 0 Å². The third-order valence-corrected chi connectivity index (χ3v) is 9.56. The van der Waals surface area contributed by atoms with E-state index in [9.17, 15) is 4.79 Å². The maximum atomic E-state index is 14.7. The predicted octanol–water partition coefficient (Wildman–Crippen LogP) is 8.60. The molecule has 0 radical (unpaired) electrons. The van der Waals surface area contributed by atoms with Gasteiger partial charge in [0.2, 0.25) is 5.90 Å². The van der Waals surface area contributed by atoms with Crippen LogP contribution in [0, 0.1) is 0 Å². The molecule has 5 aromatic carbocycles. The van der Waals surface area contributed by atoms with Crippen LogP contribution in [0.4, 0.5) is 0 Å². The molecule has 0 aliphatic carbocycles. The summed E-state index contributed by atoms with van der Waals surface area (Å²) in [6.45, 7) is 0.902. The number of aliphatic hydroxyl groups is 1. The normalized spacial score (nSPS) is 16.3. The highest BCUT2D eigenvalue weighted by atomic mass is 35.5. The van der Waals surface area contributed by atoms with Crippen molar-refractivity contribution in [1.82, 2.24) is 10.9 Å². The molecule has 3 N–H and O–H groups in total. The molecule has 1 aliphatic heterocycles. The number of hydrogen-bond acceptors (Lipinski definition) is 7. The first kappa shape index (κ1) is 37.4. The van der Waals surface area contributed by atoms with Crippen molar-refractivity contribution >= 4 is 35.0 Å². The molecule has 0 aromatic heterocycles. The van der Waals surface area contributed by atoms with E-state index >= 15 is 0 Å². The van der Waals surface area contributed by atoms with Crippen LogP contribution in [-0.2, 0) is 28.9 Å². The van der Waals surface area contributed by atoms with E-state index < -0.39 is 17.6 Å². The van der Waals surface area contributed by atoms with Gasteiger partial charge >= 0.3 is 0 Å². The summed E-state index contributed by atoms with van der Waals surface area (Å²) in [5, 5.41) is 14.0. The number of azide groups is 1. The van der Waals surface area contributed by atoms with Gasteiger partial charge in [-0.05, 0) is 81.7 Å². The summed E-state index contributed by atoms with van der Waals surface area (Å²) in [6, 6.07) is 38.1. The minimum atomic E-state index is -1.50. The number of carbonyl (C=O) groups is 1. The third-order valence-electron chi connectivity index (χ3n) is 8.97. The Balaban J connectivity index is 1.38. The fourth-order valence-electron chi connectivity index (χ4n) is 6.22. The lowest BCUT2D eigenvalue weighted by molar-refractivity contribution is -0.130. The second-order valence-electron chi connectivity index (χ2n) is 12.5. The smallest absolute Gasteiger partial charge is 0.266 e. The van der Waals surface area contributed by atoms with Gasteiger partial charge in [-0.2, -0.15) is 0 Å². The number of hydrazine groups is 1. The Morgan fingerprint density at radius 2 is 1.58 bits per heavy atom. The van der Waals surface area contributed by atoms with Gasteiger partial charge in [0.25, 0.3) is 5.91 Å². The van der Waals surface area contributed by atoms with Crippen molar-refractivity contribution in [2.24, 2.45) is 10.1 Å². The van der Waals surface area contributed by atoms with Gasteiger partial charge in [-0.25, -0.2) is 10.4 Å². The van der Waals surface area contributed by atoms with Crippen molar-refractivity contribution in [3.63, 3.8) is 0 Å². The molecule has 5 aromatic rings. The molecule has 0 saturated carbocycles. The quantitative estimate of drug-likeness (QED) is 0.0305. The Morgan fingerprint density at radius 3 is 2.30 bits per heavy atom. The molecule has 1 heterocycles. The zero-order valence-electron chi connectivity index (χ0n) is 28.8. The van der Waals surface area contributed by atoms with E-state index in [4.69, 9.17) is 48.3 Å². The van der Waals surface area contributed by atoms with Gasteiger partial charge in [0.15, 0.2) is 11.6 Å². The van der Waals surface area contributed by atoms with Crippen LogP contribution in [0.2, 0.25) is 10.0 Å². The largest absolute Gasteiger partial charge is 0.494 e. The van der Waals surface area contributed by atoms with Crippen molar-refractivity contribution < 1.29 is 19.4 Å². The number of amides is 1. The number of rotatable bonds is 16. The van der Waals surface area contributed by atoms with Crippen LogP contribution in [0.5, 0.6) is 5.75 Å². The zero-order valence-corrected chi connectivity index (χ0v) is 30.3. The lowest BCUT2D eigenvalue weighted by Crippen LogP contribution is -2.54. The number of aliphatic hydroxyl groups excluding tert-OH is 1. The second-order valence-corrected chi connectivity index (χ2v) is 13.3. The first-order valence-electron chi connectivity index (χ1n) is 17.2. The van der Waals surface area contributed by atoms with E-state index in [-0.39, 0.29) is 19.6 Å². The SMILES string of the molecule is [N-]=[N+]=NCc1ccccc1C[C@]1(C(=O)NNCCc2ccc(Cl)cc2Cl)N=C(c2ccc(OCCCO)cc2)O[C@H]1c1ccc(-c2ccccc2)cc1. The number of ether oxygens (including phenoxy) is 2. The molecule has 6 rings (SSSR count). The van der Waals surface area contributed by atoms with Crippen LogP contribution in [0.25, 0.3) is 21.6 Å². The highest BCUT2D eigenvalue weighted by molar-refractivity contribution is 6.35. The standard InChI is InChI=1S/C41H38Cl2N6O4/c42-35-18-15-30(37(43)25-35)21-22-45-48-40(51)41(26-33-9-4-5-10-34(33)27-46-49-44)38(31-13-11-29(12-14-31)28-7-2-1-3-8-28)53-39(47-41)32-16-19-36(20-17-32)52-24-6-23-50/h1-5,7-20,25,38,45,50H,6,21-24,26-27H2,(H,48,51)/t38-,41-/m0/s1. The second kappa shape index (κ2) is 17.9. The molecule has 53 heavy (non-hydrogen) atoms. The van der Waals surface area contributed by atoms with E-state index in [1.807, 2.05) is 97.1 Å².